The lowest BCUT2D eigenvalue weighted by molar-refractivity contribution is -0.136. The van der Waals surface area contributed by atoms with Crippen molar-refractivity contribution in [3.63, 3.8) is 0 Å². The molecular formula is C68H105N17O12. The zero-order valence-corrected chi connectivity index (χ0v) is 59.3. The predicted octanol–water partition coefficient (Wildman–Crippen LogP) is 1.57. The van der Waals surface area contributed by atoms with Gasteiger partial charge in [-0.1, -0.05) is 0 Å². The van der Waals surface area contributed by atoms with Gasteiger partial charge in [0.25, 0.3) is 29.5 Å². The molecular weight excluding hydrogens is 1250 g/mol. The van der Waals surface area contributed by atoms with Crippen molar-refractivity contribution in [1.29, 1.82) is 0 Å². The van der Waals surface area contributed by atoms with Gasteiger partial charge in [-0.2, -0.15) is 0 Å². The summed E-state index contributed by atoms with van der Waals surface area (Å²) >= 11 is 0. The minimum absolute atomic E-state index is 0.00463. The summed E-state index contributed by atoms with van der Waals surface area (Å²) in [6, 6.07) is 4.49. The van der Waals surface area contributed by atoms with Crippen LogP contribution < -0.4 is 21.3 Å². The third-order valence-electron chi connectivity index (χ3n) is 27.9. The summed E-state index contributed by atoms with van der Waals surface area (Å²) in [6.07, 6.45) is 23.4. The van der Waals surface area contributed by atoms with Crippen LogP contribution in [0.5, 0.6) is 0 Å². The normalized spacial score (nSPS) is 43.0. The molecule has 0 radical (unpaired) electrons. The number of hydrogen-bond donors (Lipinski definition) is 4. The second-order valence-corrected chi connectivity index (χ2v) is 32.5. The molecule has 0 saturated carbocycles. The van der Waals surface area contributed by atoms with Crippen molar-refractivity contribution in [1.82, 2.24) is 85.0 Å². The Balaban J connectivity index is 0.000000105. The number of urea groups is 5. The summed E-state index contributed by atoms with van der Waals surface area (Å²) in [5.74, 6) is -0.0603. The first-order chi connectivity index (χ1) is 45.7. The molecule has 0 aromatic rings. The number of carbonyl (C=O) groups is 12. The monoisotopic (exact) mass is 1350 g/mol. The molecule has 0 aliphatic carbocycles. The largest absolute Gasteiger partial charge is 0.343 e. The second-order valence-electron chi connectivity index (χ2n) is 32.5. The quantitative estimate of drug-likeness (QED) is 0.198. The molecule has 0 aromatic carbocycles. The first-order valence-corrected chi connectivity index (χ1v) is 35.7. The number of nitrogens with zero attached hydrogens (tertiary/aromatic N) is 13. The van der Waals surface area contributed by atoms with Gasteiger partial charge in [0.2, 0.25) is 5.91 Å². The van der Waals surface area contributed by atoms with E-state index in [0.29, 0.717) is 72.5 Å². The number of likely N-dealkylation sites (N-methyl/N-ethyl adjacent to an activating group) is 8. The van der Waals surface area contributed by atoms with E-state index in [-0.39, 0.29) is 77.8 Å². The molecule has 18 aliphatic rings. The van der Waals surface area contributed by atoms with Crippen LogP contribution in [-0.4, -0.2) is 332 Å². The molecule has 18 saturated heterocycles. The predicted molar refractivity (Wildman–Crippen MR) is 353 cm³/mol. The summed E-state index contributed by atoms with van der Waals surface area (Å²) in [6.45, 7) is 0. The average Bonchev–Trinajstić information content (AvgIpc) is 1.63. The molecule has 534 valence electrons. The van der Waals surface area contributed by atoms with Gasteiger partial charge in [-0.05, 0) is 189 Å². The molecule has 12 unspecified atom stereocenters. The summed E-state index contributed by atoms with van der Waals surface area (Å²) in [7, 11) is 23.9. The van der Waals surface area contributed by atoms with E-state index in [2.05, 4.69) is 81.0 Å². The maximum absolute atomic E-state index is 12.4. The lowest BCUT2D eigenvalue weighted by atomic mass is 9.81. The van der Waals surface area contributed by atoms with E-state index in [1.165, 1.54) is 37.3 Å². The lowest BCUT2D eigenvalue weighted by Gasteiger charge is -2.44. The molecule has 29 heteroatoms. The van der Waals surface area contributed by atoms with Gasteiger partial charge in [0, 0.05) is 129 Å². The smallest absolute Gasteiger partial charge is 0.327 e. The topological polar surface area (TPSA) is 295 Å². The summed E-state index contributed by atoms with van der Waals surface area (Å²) in [4.78, 5) is 166. The highest BCUT2D eigenvalue weighted by molar-refractivity contribution is 6.11. The highest BCUT2D eigenvalue weighted by Gasteiger charge is 2.65. The molecule has 29 nitrogen and oxygen atoms in total. The highest BCUT2D eigenvalue weighted by atomic mass is 16.2. The van der Waals surface area contributed by atoms with Gasteiger partial charge < -0.3 is 60.5 Å². The van der Waals surface area contributed by atoms with Gasteiger partial charge in [-0.15, -0.1) is 0 Å². The van der Waals surface area contributed by atoms with Crippen LogP contribution in [0.1, 0.15) is 161 Å². The van der Waals surface area contributed by atoms with E-state index in [0.717, 1.165) is 141 Å². The fourth-order valence-corrected chi connectivity index (χ4v) is 21.7. The molecule has 6 spiro atoms. The average molecular weight is 1350 g/mol. The summed E-state index contributed by atoms with van der Waals surface area (Å²) in [5, 5.41) is 12.2. The van der Waals surface area contributed by atoms with Gasteiger partial charge in [0.1, 0.15) is 33.2 Å². The Kier molecular flexibility index (Phi) is 17.4. The van der Waals surface area contributed by atoms with Crippen molar-refractivity contribution in [2.24, 2.45) is 0 Å². The number of nitrogens with one attached hydrogen (secondary N) is 4. The number of rotatable bonds is 0. The van der Waals surface area contributed by atoms with Crippen LogP contribution >= 0.6 is 0 Å². The Morgan fingerprint density at radius 2 is 0.526 bits per heavy atom. The number of hydrogen-bond acceptors (Lipinski definition) is 18. The summed E-state index contributed by atoms with van der Waals surface area (Å²) in [5.41, 5.74) is -3.33. The van der Waals surface area contributed by atoms with Crippen molar-refractivity contribution in [2.75, 3.05) is 91.6 Å². The number of fused-ring (bicyclic) bond motifs is 12. The van der Waals surface area contributed by atoms with Gasteiger partial charge in [-0.25, -0.2) is 24.0 Å². The fraction of sp³-hybridized carbons (Fsp3) is 0.824. The van der Waals surface area contributed by atoms with E-state index in [1.807, 2.05) is 0 Å². The lowest BCUT2D eigenvalue weighted by Crippen LogP contribution is -2.58. The third-order valence-corrected chi connectivity index (χ3v) is 27.9. The molecule has 18 aliphatic heterocycles. The zero-order valence-electron chi connectivity index (χ0n) is 59.3. The van der Waals surface area contributed by atoms with Crippen LogP contribution in [0, 0.1) is 0 Å². The van der Waals surface area contributed by atoms with Crippen LogP contribution in [0.15, 0.2) is 0 Å². The molecule has 0 aromatic heterocycles. The first-order valence-electron chi connectivity index (χ1n) is 35.7. The number of piperidine rings is 6. The molecule has 16 amide bonds. The van der Waals surface area contributed by atoms with Crippen molar-refractivity contribution >= 4 is 71.4 Å². The van der Waals surface area contributed by atoms with Crippen molar-refractivity contribution < 1.29 is 57.5 Å². The molecule has 18 fully saturated rings. The van der Waals surface area contributed by atoms with E-state index in [1.54, 1.807) is 71.1 Å². The molecule has 97 heavy (non-hydrogen) atoms. The summed E-state index contributed by atoms with van der Waals surface area (Å²) < 4.78 is 0. The van der Waals surface area contributed by atoms with E-state index in [4.69, 9.17) is 0 Å². The Labute approximate surface area is 569 Å². The Morgan fingerprint density at radius 1 is 0.278 bits per heavy atom. The number of carbonyl (C=O) groups excluding carboxylic acids is 12. The van der Waals surface area contributed by atoms with Crippen LogP contribution in [-0.2, 0) is 33.6 Å². The van der Waals surface area contributed by atoms with Crippen molar-refractivity contribution in [3.8, 4) is 0 Å². The van der Waals surface area contributed by atoms with Crippen LogP contribution in [0.3, 0.4) is 0 Å². The SMILES string of the molecule is CN1C(=O)N(C)C2(CC3CCC(C2)N3)C1=O.CN1C(=O)N(C)C2(CC3CCC(C2)N3C)C1=O.CN1C(=O)N(C)C2(CC3CCC(C2)N3C)C1=O.CN1C(=O)NC2(CC3CCC(C2)N3C)C1=O.CN1C(=O)NC2(CC3CCC(C2)N3C)C1=O.CN1C2CCC1CC1(C2)NC(=O)CC1=O. The van der Waals surface area contributed by atoms with Crippen LogP contribution in [0.25, 0.3) is 0 Å². The zero-order chi connectivity index (χ0) is 69.9. The van der Waals surface area contributed by atoms with Crippen molar-refractivity contribution in [2.45, 2.75) is 266 Å². The van der Waals surface area contributed by atoms with Crippen molar-refractivity contribution in [3.05, 3.63) is 0 Å². The Morgan fingerprint density at radius 3 is 0.742 bits per heavy atom. The number of Topliss-reactive ketones (excluding diaryl/α,β-unsaturated/α-hetero) is 1. The first kappa shape index (κ1) is 69.1. The van der Waals surface area contributed by atoms with Gasteiger partial charge in [-0.3, -0.25) is 58.1 Å². The Bertz CT molecular complexity index is 3100. The van der Waals surface area contributed by atoms with E-state index in [9.17, 15) is 57.5 Å². The van der Waals surface area contributed by atoms with Gasteiger partial charge in [0.15, 0.2) is 5.78 Å². The number of amides is 16. The maximum atomic E-state index is 12.4. The maximum Gasteiger partial charge on any atom is 0.327 e. The molecule has 18 heterocycles. The molecule has 4 N–H and O–H groups in total. The van der Waals surface area contributed by atoms with Crippen LogP contribution in [0.2, 0.25) is 0 Å². The second kappa shape index (κ2) is 24.5. The minimum Gasteiger partial charge on any atom is -0.343 e. The minimum atomic E-state index is -0.593. The standard InChI is InChI=1S/2C12H19N3O2.3C11H17N3O2.C11H16N2O2/c2*1-13-8-4-5-9(13)7-12(6-8)10(16)14(2)11(17)15(12)3;2*1-13-7-3-4-8(13)6-11(5-7)9(15)14(2)10(16)12-11;1-13-9(15)11(14(2)10(13)16)5-7-3-4-8(6-11)12-7;1-13-7-2-3-8(13)6-11(5-7)9(14)4-10(15)12-11/h2*8-9H,4-7H2,1-3H3;2*7-8H,3-6H2,1-2H3,(H,12,16);7-8,12H,3-6H2,1-2H3;7-8H,2-6H2,1H3,(H,12,15). The van der Waals surface area contributed by atoms with E-state index >= 15 is 0 Å². The number of ketones is 1. The number of imide groups is 5. The highest BCUT2D eigenvalue weighted by Crippen LogP contribution is 2.50. The fourth-order valence-electron chi connectivity index (χ4n) is 21.7. The van der Waals surface area contributed by atoms with Gasteiger partial charge in [0.05, 0.1) is 6.42 Å². The van der Waals surface area contributed by atoms with E-state index < -0.39 is 33.2 Å². The molecule has 18 rings (SSSR count). The molecule has 12 bridgehead atoms. The van der Waals surface area contributed by atoms with Crippen LogP contribution in [0.4, 0.5) is 24.0 Å². The van der Waals surface area contributed by atoms with Gasteiger partial charge >= 0.3 is 30.2 Å². The Hall–Kier alpha value is -6.40. The molecule has 12 atom stereocenters. The third kappa shape index (κ3) is 10.8.